The third kappa shape index (κ3) is 3.67. The maximum Gasteiger partial charge on any atom is 0.0181 e. The summed E-state index contributed by atoms with van der Waals surface area (Å²) in [5, 5.41) is 0. The summed E-state index contributed by atoms with van der Waals surface area (Å²) < 4.78 is 1.15. The third-order valence-corrected chi connectivity index (χ3v) is 5.21. The summed E-state index contributed by atoms with van der Waals surface area (Å²) in [4.78, 5) is 0. The Morgan fingerprint density at radius 2 is 1.58 bits per heavy atom. The molecule has 0 aromatic heterocycles. The van der Waals surface area contributed by atoms with Crippen LogP contribution in [0.4, 0.5) is 0 Å². The Kier molecular flexibility index (Phi) is 4.75. The van der Waals surface area contributed by atoms with Crippen LogP contribution in [0.25, 0.3) is 16.7 Å². The molecule has 0 saturated heterocycles. The van der Waals surface area contributed by atoms with Crippen molar-refractivity contribution in [3.63, 3.8) is 0 Å². The molecule has 1 aliphatic carbocycles. The molecule has 0 N–H and O–H groups in total. The van der Waals surface area contributed by atoms with Gasteiger partial charge in [0.15, 0.2) is 0 Å². The molecule has 0 bridgehead atoms. The first-order valence-electron chi connectivity index (χ1n) is 8.86. The Morgan fingerprint density at radius 3 is 2.25 bits per heavy atom. The van der Waals surface area contributed by atoms with E-state index < -0.39 is 0 Å². The molecule has 1 unspecified atom stereocenters. The van der Waals surface area contributed by atoms with Gasteiger partial charge < -0.3 is 0 Å². The third-order valence-electron chi connectivity index (χ3n) is 4.71. The summed E-state index contributed by atoms with van der Waals surface area (Å²) in [6, 6.07) is 13.5. The maximum absolute atomic E-state index is 3.64. The zero-order valence-electron chi connectivity index (χ0n) is 15.4. The zero-order valence-corrected chi connectivity index (χ0v) is 17.0. The molecular formula is C23H27Br. The van der Waals surface area contributed by atoms with Crippen molar-refractivity contribution in [3.8, 4) is 11.1 Å². The van der Waals surface area contributed by atoms with Gasteiger partial charge in [-0.1, -0.05) is 79.5 Å². The van der Waals surface area contributed by atoms with Gasteiger partial charge in [-0.2, -0.15) is 0 Å². The fraction of sp³-hybridized carbons (Fsp3) is 0.391. The summed E-state index contributed by atoms with van der Waals surface area (Å²) >= 11 is 3.64. The highest BCUT2D eigenvalue weighted by molar-refractivity contribution is 9.10. The number of aryl methyl sites for hydroxylation is 1. The van der Waals surface area contributed by atoms with Gasteiger partial charge in [0.25, 0.3) is 0 Å². The van der Waals surface area contributed by atoms with Gasteiger partial charge in [0.1, 0.15) is 0 Å². The van der Waals surface area contributed by atoms with Crippen LogP contribution in [0.3, 0.4) is 0 Å². The molecule has 0 heterocycles. The predicted molar refractivity (Wildman–Crippen MR) is 109 cm³/mol. The van der Waals surface area contributed by atoms with Gasteiger partial charge in [0.2, 0.25) is 0 Å². The second kappa shape index (κ2) is 6.52. The summed E-state index contributed by atoms with van der Waals surface area (Å²) in [6.45, 7) is 11.5. The number of fused-ring (bicyclic) bond motifs is 3. The second-order valence-electron chi connectivity index (χ2n) is 8.46. The van der Waals surface area contributed by atoms with E-state index in [4.69, 9.17) is 0 Å². The van der Waals surface area contributed by atoms with Crippen LogP contribution < -0.4 is 0 Å². The highest BCUT2D eigenvalue weighted by Gasteiger charge is 2.24. The van der Waals surface area contributed by atoms with Crippen molar-refractivity contribution in [3.05, 3.63) is 63.6 Å². The smallest absolute Gasteiger partial charge is 0.0181 e. The average molecular weight is 383 g/mol. The highest BCUT2D eigenvalue weighted by Crippen LogP contribution is 2.46. The van der Waals surface area contributed by atoms with Gasteiger partial charge >= 0.3 is 0 Å². The molecule has 1 atom stereocenters. The average Bonchev–Trinajstić information content (AvgIpc) is 2.75. The van der Waals surface area contributed by atoms with E-state index in [9.17, 15) is 0 Å². The number of halogens is 1. The lowest BCUT2D eigenvalue weighted by Gasteiger charge is -2.22. The van der Waals surface area contributed by atoms with Crippen molar-refractivity contribution < 1.29 is 0 Å². The lowest BCUT2D eigenvalue weighted by Crippen LogP contribution is -2.10. The van der Waals surface area contributed by atoms with Crippen molar-refractivity contribution in [2.45, 2.75) is 47.5 Å². The van der Waals surface area contributed by atoms with E-state index in [-0.39, 0.29) is 0 Å². The number of hydrogen-bond donors (Lipinski definition) is 0. The first-order valence-corrected chi connectivity index (χ1v) is 9.65. The van der Waals surface area contributed by atoms with E-state index in [1.807, 2.05) is 0 Å². The van der Waals surface area contributed by atoms with Crippen molar-refractivity contribution >= 4 is 21.5 Å². The first kappa shape index (κ1) is 17.5. The molecule has 3 rings (SSSR count). The van der Waals surface area contributed by atoms with E-state index in [0.29, 0.717) is 11.3 Å². The number of hydrogen-bond acceptors (Lipinski definition) is 0. The minimum Gasteiger partial charge on any atom is -0.0757 e. The summed E-state index contributed by atoms with van der Waals surface area (Å²) in [6.07, 6.45) is 4.85. The molecule has 24 heavy (non-hydrogen) atoms. The Labute approximate surface area is 155 Å². The molecule has 0 radical (unpaired) electrons. The minimum atomic E-state index is 0.392. The molecule has 0 spiro atoms. The fourth-order valence-electron chi connectivity index (χ4n) is 3.90. The highest BCUT2D eigenvalue weighted by atomic mass is 79.9. The molecule has 0 aliphatic heterocycles. The van der Waals surface area contributed by atoms with Gasteiger partial charge in [-0.05, 0) is 71.1 Å². The summed E-state index contributed by atoms with van der Waals surface area (Å²) in [5.41, 5.74) is 8.63. The van der Waals surface area contributed by atoms with Gasteiger partial charge in [-0.15, -0.1) is 0 Å². The fourth-order valence-corrected chi connectivity index (χ4v) is 4.26. The molecule has 0 fully saturated rings. The van der Waals surface area contributed by atoms with E-state index in [1.165, 1.54) is 39.8 Å². The number of rotatable bonds is 3. The van der Waals surface area contributed by atoms with Crippen LogP contribution in [-0.4, -0.2) is 0 Å². The van der Waals surface area contributed by atoms with Crippen molar-refractivity contribution in [2.75, 3.05) is 0 Å². The van der Waals surface area contributed by atoms with Crippen molar-refractivity contribution in [2.24, 2.45) is 11.3 Å². The SMILES string of the molecule is Cc1ccc2c(c1)/C(=C\CC(C)CC(C)(C)C)c1cc(Br)ccc1-2. The quantitative estimate of drug-likeness (QED) is 0.436. The molecule has 0 saturated carbocycles. The lowest BCUT2D eigenvalue weighted by atomic mass is 9.83. The maximum atomic E-state index is 3.64. The predicted octanol–water partition coefficient (Wildman–Crippen LogP) is 7.63. The monoisotopic (exact) mass is 382 g/mol. The standard InChI is InChI=1S/C23H27Br/c1-15-6-9-18-19-11-8-17(24)13-22(19)20(21(18)12-15)10-7-16(2)14-23(3,4)5/h6,8-13,16H,7,14H2,1-5H3/b20-10+. The second-order valence-corrected chi connectivity index (χ2v) is 9.38. The van der Waals surface area contributed by atoms with Crippen LogP contribution in [0, 0.1) is 18.3 Å². The van der Waals surface area contributed by atoms with Crippen molar-refractivity contribution in [1.29, 1.82) is 0 Å². The molecule has 126 valence electrons. The number of benzene rings is 2. The van der Waals surface area contributed by atoms with E-state index >= 15 is 0 Å². The largest absolute Gasteiger partial charge is 0.0757 e. The Morgan fingerprint density at radius 1 is 0.958 bits per heavy atom. The minimum absolute atomic E-state index is 0.392. The van der Waals surface area contributed by atoms with Gasteiger partial charge in [-0.3, -0.25) is 0 Å². The van der Waals surface area contributed by atoms with Gasteiger partial charge in [-0.25, -0.2) is 0 Å². The zero-order chi connectivity index (χ0) is 17.5. The van der Waals surface area contributed by atoms with E-state index in [1.54, 1.807) is 0 Å². The summed E-state index contributed by atoms with van der Waals surface area (Å²) in [5.74, 6) is 0.696. The molecule has 2 aromatic carbocycles. The molecule has 1 heteroatoms. The first-order chi connectivity index (χ1) is 11.2. The normalized spacial score (nSPS) is 16.2. The Hall–Kier alpha value is -1.34. The molecule has 0 nitrogen and oxygen atoms in total. The van der Waals surface area contributed by atoms with Crippen LogP contribution in [0.15, 0.2) is 46.9 Å². The summed E-state index contributed by atoms with van der Waals surface area (Å²) in [7, 11) is 0. The Balaban J connectivity index is 2.00. The lowest BCUT2D eigenvalue weighted by molar-refractivity contribution is 0.308. The van der Waals surface area contributed by atoms with Crippen LogP contribution >= 0.6 is 15.9 Å². The van der Waals surface area contributed by atoms with E-state index in [0.717, 1.165) is 10.9 Å². The van der Waals surface area contributed by atoms with Gasteiger partial charge in [0, 0.05) is 4.47 Å². The van der Waals surface area contributed by atoms with Crippen LogP contribution in [0.5, 0.6) is 0 Å². The molecule has 2 aromatic rings. The van der Waals surface area contributed by atoms with E-state index in [2.05, 4.69) is 93.0 Å². The molecule has 1 aliphatic rings. The molecular weight excluding hydrogens is 356 g/mol. The van der Waals surface area contributed by atoms with Crippen LogP contribution in [0.1, 0.15) is 57.2 Å². The Bertz CT molecular complexity index is 737. The van der Waals surface area contributed by atoms with Crippen LogP contribution in [-0.2, 0) is 0 Å². The van der Waals surface area contributed by atoms with Crippen molar-refractivity contribution in [1.82, 2.24) is 0 Å². The van der Waals surface area contributed by atoms with Crippen LogP contribution in [0.2, 0.25) is 0 Å². The topological polar surface area (TPSA) is 0 Å². The molecule has 0 amide bonds. The number of allylic oxidation sites excluding steroid dienone is 1. The van der Waals surface area contributed by atoms with Gasteiger partial charge in [0.05, 0.1) is 0 Å².